The lowest BCUT2D eigenvalue weighted by atomic mass is 9.76. The molecule has 1 aliphatic heterocycles. The molecule has 0 bridgehead atoms. The van der Waals surface area contributed by atoms with Crippen LogP contribution in [0.4, 0.5) is 24.7 Å². The largest absolute Gasteiger partial charge is 0.387 e. The van der Waals surface area contributed by atoms with E-state index in [1.165, 1.54) is 13.1 Å². The van der Waals surface area contributed by atoms with Crippen molar-refractivity contribution in [3.05, 3.63) is 81.9 Å². The third-order valence-electron chi connectivity index (χ3n) is 8.51. The van der Waals surface area contributed by atoms with Crippen LogP contribution < -0.4 is 10.2 Å². The van der Waals surface area contributed by atoms with E-state index >= 15 is 0 Å². The van der Waals surface area contributed by atoms with Crippen LogP contribution in [0.25, 0.3) is 11.3 Å². The van der Waals surface area contributed by atoms with Gasteiger partial charge in [0.25, 0.3) is 12.3 Å². The highest BCUT2D eigenvalue weighted by Crippen LogP contribution is 2.43. The Morgan fingerprint density at radius 1 is 1.16 bits per heavy atom. The van der Waals surface area contributed by atoms with E-state index in [1.807, 2.05) is 19.9 Å². The lowest BCUT2D eigenvalue weighted by Gasteiger charge is -2.25. The number of anilines is 2. The van der Waals surface area contributed by atoms with Crippen molar-refractivity contribution in [3.63, 3.8) is 0 Å². The summed E-state index contributed by atoms with van der Waals surface area (Å²) in [4.78, 5) is 40.7. The third-order valence-corrected chi connectivity index (χ3v) is 8.81. The molecule has 4 heterocycles. The number of halogens is 4. The average Bonchev–Trinajstić information content (AvgIpc) is 3.54. The first-order valence-electron chi connectivity index (χ1n) is 14.4. The van der Waals surface area contributed by atoms with Crippen molar-refractivity contribution in [3.8, 4) is 11.3 Å². The van der Waals surface area contributed by atoms with Gasteiger partial charge in [0.2, 0.25) is 5.91 Å². The molecular formula is C31H29ClF3N7O3. The minimum atomic E-state index is -3.05. The van der Waals surface area contributed by atoms with Crippen molar-refractivity contribution in [2.75, 3.05) is 16.8 Å². The van der Waals surface area contributed by atoms with Crippen molar-refractivity contribution >= 4 is 34.9 Å². The van der Waals surface area contributed by atoms with E-state index in [2.05, 4.69) is 25.4 Å². The number of nitrogens with one attached hydrogen (secondary N) is 1. The predicted octanol–water partition coefficient (Wildman–Crippen LogP) is 6.06. The van der Waals surface area contributed by atoms with Gasteiger partial charge < -0.3 is 10.4 Å². The third kappa shape index (κ3) is 5.54. The summed E-state index contributed by atoms with van der Waals surface area (Å²) in [6.45, 7) is 5.86. The molecule has 3 aromatic heterocycles. The Balaban J connectivity index is 1.23. The number of hydrogen-bond donors (Lipinski definition) is 2. The zero-order chi connectivity index (χ0) is 32.2. The Labute approximate surface area is 261 Å². The van der Waals surface area contributed by atoms with Crippen LogP contribution in [-0.4, -0.2) is 48.2 Å². The van der Waals surface area contributed by atoms with E-state index in [0.717, 1.165) is 42.3 Å². The van der Waals surface area contributed by atoms with Gasteiger partial charge in [-0.15, -0.1) is 0 Å². The van der Waals surface area contributed by atoms with Crippen LogP contribution in [0.1, 0.15) is 78.1 Å². The van der Waals surface area contributed by atoms with Gasteiger partial charge in [0.1, 0.15) is 5.82 Å². The van der Waals surface area contributed by atoms with E-state index in [-0.39, 0.29) is 40.6 Å². The fraction of sp³-hybridized carbons (Fsp3) is 0.355. The number of alkyl halides is 2. The SMILES string of the molecule is Cc1cc(C(C)n2cc(NC(=O)c3nc(-c4c(C(F)F)ccc(Cl)c4F)cnc3C(C)O)cn2)cnc1N1C[C@H]2CC[C@H]2C1=O. The van der Waals surface area contributed by atoms with Crippen molar-refractivity contribution in [2.45, 2.75) is 52.2 Å². The molecule has 1 saturated heterocycles. The van der Waals surface area contributed by atoms with Crippen LogP contribution in [0, 0.1) is 24.6 Å². The fourth-order valence-electron chi connectivity index (χ4n) is 5.89. The Morgan fingerprint density at radius 2 is 1.93 bits per heavy atom. The zero-order valence-electron chi connectivity index (χ0n) is 24.5. The Bertz CT molecular complexity index is 1820. The van der Waals surface area contributed by atoms with E-state index in [1.54, 1.807) is 22.0 Å². The lowest BCUT2D eigenvalue weighted by Crippen LogP contribution is -2.29. The molecule has 0 radical (unpaired) electrons. The van der Waals surface area contributed by atoms with Gasteiger partial charge in [-0.1, -0.05) is 17.7 Å². The summed E-state index contributed by atoms with van der Waals surface area (Å²) in [5.74, 6) is -0.633. The van der Waals surface area contributed by atoms with Gasteiger partial charge in [0.05, 0.1) is 46.6 Å². The average molecular weight is 640 g/mol. The minimum Gasteiger partial charge on any atom is -0.387 e. The molecule has 2 aliphatic rings. The lowest BCUT2D eigenvalue weighted by molar-refractivity contribution is -0.123. The molecule has 14 heteroatoms. The van der Waals surface area contributed by atoms with Crippen molar-refractivity contribution in [1.29, 1.82) is 0 Å². The van der Waals surface area contributed by atoms with Gasteiger partial charge in [-0.3, -0.25) is 24.2 Å². The quantitative estimate of drug-likeness (QED) is 0.240. The molecular weight excluding hydrogens is 611 g/mol. The summed E-state index contributed by atoms with van der Waals surface area (Å²) in [6.07, 6.45) is 3.40. The van der Waals surface area contributed by atoms with Gasteiger partial charge in [0.15, 0.2) is 11.5 Å². The molecule has 1 aliphatic carbocycles. The monoisotopic (exact) mass is 639 g/mol. The first-order chi connectivity index (χ1) is 21.4. The number of nitrogens with zero attached hydrogens (tertiary/aromatic N) is 6. The number of amides is 2. The van der Waals surface area contributed by atoms with Crippen molar-refractivity contribution in [2.24, 2.45) is 11.8 Å². The molecule has 6 rings (SSSR count). The molecule has 2 fully saturated rings. The number of aromatic nitrogens is 5. The number of hydrogen-bond acceptors (Lipinski definition) is 7. The standard InChI is InChI=1S/C31H29ClF3N7O3/c1-14-8-18(9-37-29(14)41-12-17-4-5-20(17)31(41)45)15(2)42-13-19(10-38-42)39-30(44)27-26(16(3)43)36-11-23(40-27)24-21(28(34)35)6-7-22(32)25(24)33/h6-11,13,15-17,20,28,43H,4-5,12H2,1-3H3,(H,39,44)/t15?,16?,17-,20-/m1/s1. The zero-order valence-corrected chi connectivity index (χ0v) is 25.3. The summed E-state index contributed by atoms with van der Waals surface area (Å²) < 4.78 is 44.0. The first kappa shape index (κ1) is 30.7. The molecule has 4 atom stereocenters. The molecule has 1 aromatic carbocycles. The molecule has 2 amide bonds. The van der Waals surface area contributed by atoms with E-state index < -0.39 is 40.4 Å². The second kappa shape index (κ2) is 11.9. The highest BCUT2D eigenvalue weighted by molar-refractivity contribution is 6.31. The second-order valence-corrected chi connectivity index (χ2v) is 11.8. The number of carbonyl (C=O) groups excluding carboxylic acids is 2. The number of rotatable bonds is 8. The van der Waals surface area contributed by atoms with Gasteiger partial charge in [-0.05, 0) is 62.8 Å². The molecule has 2 N–H and O–H groups in total. The van der Waals surface area contributed by atoms with Crippen molar-refractivity contribution in [1.82, 2.24) is 24.7 Å². The number of fused-ring (bicyclic) bond motifs is 1. The van der Waals surface area contributed by atoms with E-state index in [0.29, 0.717) is 18.3 Å². The summed E-state index contributed by atoms with van der Waals surface area (Å²) >= 11 is 5.85. The van der Waals surface area contributed by atoms with Crippen LogP contribution in [0.3, 0.4) is 0 Å². The number of benzene rings is 1. The molecule has 1 saturated carbocycles. The van der Waals surface area contributed by atoms with Crippen LogP contribution in [0.15, 0.2) is 43.0 Å². The van der Waals surface area contributed by atoms with Crippen LogP contribution in [0.2, 0.25) is 5.02 Å². The maximum atomic E-state index is 14.9. The first-order valence-corrected chi connectivity index (χ1v) is 14.8. The van der Waals surface area contributed by atoms with Gasteiger partial charge >= 0.3 is 0 Å². The number of carbonyl (C=O) groups is 2. The summed E-state index contributed by atoms with van der Waals surface area (Å²) in [5.41, 5.74) is -0.155. The molecule has 0 spiro atoms. The predicted molar refractivity (Wildman–Crippen MR) is 160 cm³/mol. The highest BCUT2D eigenvalue weighted by atomic mass is 35.5. The Kier molecular flexibility index (Phi) is 8.08. The maximum absolute atomic E-state index is 14.9. The number of pyridine rings is 1. The second-order valence-electron chi connectivity index (χ2n) is 11.4. The Hall–Kier alpha value is -4.36. The topological polar surface area (TPSA) is 126 Å². The van der Waals surface area contributed by atoms with Crippen molar-refractivity contribution < 1.29 is 27.9 Å². The number of aliphatic hydroxyl groups is 1. The Morgan fingerprint density at radius 3 is 2.56 bits per heavy atom. The maximum Gasteiger partial charge on any atom is 0.276 e. The molecule has 4 aromatic rings. The minimum absolute atomic E-state index is 0.112. The summed E-state index contributed by atoms with van der Waals surface area (Å²) in [5, 5.41) is 16.8. The molecule has 45 heavy (non-hydrogen) atoms. The van der Waals surface area contributed by atoms with Crippen LogP contribution >= 0.6 is 11.6 Å². The smallest absolute Gasteiger partial charge is 0.276 e. The highest BCUT2D eigenvalue weighted by Gasteiger charge is 2.47. The molecule has 2 unspecified atom stereocenters. The fourth-order valence-corrected chi connectivity index (χ4v) is 6.04. The molecule has 10 nitrogen and oxygen atoms in total. The number of aryl methyl sites for hydroxylation is 1. The van der Waals surface area contributed by atoms with Gasteiger partial charge in [0, 0.05) is 36.0 Å². The van der Waals surface area contributed by atoms with Crippen LogP contribution in [-0.2, 0) is 4.79 Å². The van der Waals surface area contributed by atoms with E-state index in [4.69, 9.17) is 11.6 Å². The number of aliphatic hydroxyl groups excluding tert-OH is 1. The van der Waals surface area contributed by atoms with E-state index in [9.17, 15) is 27.9 Å². The summed E-state index contributed by atoms with van der Waals surface area (Å²) in [6, 6.07) is 3.65. The van der Waals surface area contributed by atoms with Gasteiger partial charge in [-0.2, -0.15) is 5.10 Å². The van der Waals surface area contributed by atoms with Gasteiger partial charge in [-0.25, -0.2) is 23.1 Å². The summed E-state index contributed by atoms with van der Waals surface area (Å²) in [7, 11) is 0. The molecule has 234 valence electrons. The normalized spacial score (nSPS) is 19.0. The van der Waals surface area contributed by atoms with Crippen LogP contribution in [0.5, 0.6) is 0 Å².